The zero-order valence-corrected chi connectivity index (χ0v) is 19.5. The lowest BCUT2D eigenvalue weighted by Crippen LogP contribution is -2.37. The lowest BCUT2D eigenvalue weighted by molar-refractivity contribution is -0.0504. The summed E-state index contributed by atoms with van der Waals surface area (Å²) < 4.78 is 29.9. The van der Waals surface area contributed by atoms with Crippen LogP contribution in [0.2, 0.25) is 0 Å². The van der Waals surface area contributed by atoms with Crippen molar-refractivity contribution in [3.8, 4) is 5.75 Å². The van der Waals surface area contributed by atoms with Crippen molar-refractivity contribution in [3.05, 3.63) is 64.7 Å². The van der Waals surface area contributed by atoms with Crippen molar-refractivity contribution in [1.82, 2.24) is 16.0 Å². The number of guanidine groups is 1. The lowest BCUT2D eigenvalue weighted by atomic mass is 10.1. The topological polar surface area (TPSA) is 74.8 Å². The van der Waals surface area contributed by atoms with Gasteiger partial charge in [-0.15, -0.1) is 24.0 Å². The Hall–Kier alpha value is -2.43. The normalized spacial score (nSPS) is 10.9. The molecular formula is C21H27F2IN4O2. The van der Waals surface area contributed by atoms with Crippen LogP contribution in [0.4, 0.5) is 8.78 Å². The molecule has 0 saturated carbocycles. The zero-order chi connectivity index (χ0) is 21.2. The predicted octanol–water partition coefficient (Wildman–Crippen LogP) is 3.83. The number of halogens is 3. The number of alkyl halides is 2. The molecule has 0 bridgehead atoms. The second kappa shape index (κ2) is 13.0. The molecule has 0 aromatic heterocycles. The van der Waals surface area contributed by atoms with E-state index >= 15 is 0 Å². The number of hydrogen-bond donors (Lipinski definition) is 3. The molecule has 1 amide bonds. The van der Waals surface area contributed by atoms with Crippen LogP contribution in [0.1, 0.15) is 34.0 Å². The van der Waals surface area contributed by atoms with Crippen LogP contribution in [-0.2, 0) is 13.1 Å². The molecule has 0 saturated heterocycles. The molecule has 2 aromatic rings. The van der Waals surface area contributed by atoms with Gasteiger partial charge in [-0.25, -0.2) is 4.99 Å². The van der Waals surface area contributed by atoms with Crippen LogP contribution in [-0.4, -0.2) is 32.1 Å². The number of rotatable bonds is 8. The van der Waals surface area contributed by atoms with Crippen molar-refractivity contribution in [2.75, 3.05) is 13.6 Å². The first-order valence-corrected chi connectivity index (χ1v) is 9.30. The second-order valence-electron chi connectivity index (χ2n) is 6.32. The van der Waals surface area contributed by atoms with Gasteiger partial charge in [0.05, 0.1) is 6.54 Å². The molecule has 164 valence electrons. The van der Waals surface area contributed by atoms with Gasteiger partial charge in [0.15, 0.2) is 5.96 Å². The van der Waals surface area contributed by atoms with Gasteiger partial charge in [0, 0.05) is 31.3 Å². The number of aryl methyl sites for hydroxylation is 1. The van der Waals surface area contributed by atoms with Gasteiger partial charge in [0.2, 0.25) is 0 Å². The fourth-order valence-corrected chi connectivity index (χ4v) is 2.70. The smallest absolute Gasteiger partial charge is 0.387 e. The van der Waals surface area contributed by atoms with Crippen LogP contribution in [0.5, 0.6) is 5.75 Å². The van der Waals surface area contributed by atoms with Gasteiger partial charge in [0.1, 0.15) is 5.75 Å². The van der Waals surface area contributed by atoms with Crippen molar-refractivity contribution in [2.45, 2.75) is 33.5 Å². The van der Waals surface area contributed by atoms with Crippen molar-refractivity contribution in [1.29, 1.82) is 0 Å². The third kappa shape index (κ3) is 8.13. The average Bonchev–Trinajstić information content (AvgIpc) is 2.71. The van der Waals surface area contributed by atoms with Crippen LogP contribution >= 0.6 is 24.0 Å². The highest BCUT2D eigenvalue weighted by molar-refractivity contribution is 14.0. The van der Waals surface area contributed by atoms with Crippen LogP contribution in [0.15, 0.2) is 47.5 Å². The quantitative estimate of drug-likeness (QED) is 0.275. The minimum Gasteiger partial charge on any atom is -0.434 e. The maximum absolute atomic E-state index is 12.6. The molecule has 0 aliphatic rings. The van der Waals surface area contributed by atoms with E-state index in [0.717, 1.165) is 11.1 Å². The maximum Gasteiger partial charge on any atom is 0.387 e. The summed E-state index contributed by atoms with van der Waals surface area (Å²) in [7, 11) is 1.58. The summed E-state index contributed by atoms with van der Waals surface area (Å²) in [6.45, 7) is 2.20. The van der Waals surface area contributed by atoms with Crippen LogP contribution in [0, 0.1) is 6.92 Å². The zero-order valence-electron chi connectivity index (χ0n) is 17.2. The van der Waals surface area contributed by atoms with E-state index in [9.17, 15) is 13.6 Å². The molecule has 0 aliphatic carbocycles. The molecule has 2 rings (SSSR count). The third-order valence-electron chi connectivity index (χ3n) is 4.06. The maximum atomic E-state index is 12.6. The molecule has 30 heavy (non-hydrogen) atoms. The van der Waals surface area contributed by atoms with Gasteiger partial charge in [-0.05, 0) is 37.6 Å². The molecule has 0 fully saturated rings. The van der Waals surface area contributed by atoms with E-state index in [0.29, 0.717) is 30.2 Å². The van der Waals surface area contributed by atoms with E-state index in [4.69, 9.17) is 0 Å². The first-order valence-electron chi connectivity index (χ1n) is 9.30. The number of nitrogens with one attached hydrogen (secondary N) is 3. The first-order chi connectivity index (χ1) is 13.9. The van der Waals surface area contributed by atoms with Gasteiger partial charge in [0.25, 0.3) is 5.91 Å². The Kier molecular flexibility index (Phi) is 11.1. The third-order valence-corrected chi connectivity index (χ3v) is 4.06. The highest BCUT2D eigenvalue weighted by atomic mass is 127. The van der Waals surface area contributed by atoms with Crippen LogP contribution in [0.3, 0.4) is 0 Å². The summed E-state index contributed by atoms with van der Waals surface area (Å²) in [6, 6.07) is 12.2. The SMILES string of the molecule is CCNC(=NCc1cccc(C(=O)NC)c1)NCc1cc(C)ccc1OC(F)F.I. The molecule has 2 aromatic carbocycles. The van der Waals surface area contributed by atoms with E-state index in [2.05, 4.69) is 25.7 Å². The molecule has 6 nitrogen and oxygen atoms in total. The summed E-state index contributed by atoms with van der Waals surface area (Å²) in [5.41, 5.74) is 2.99. The molecule has 0 spiro atoms. The Morgan fingerprint density at radius 1 is 1.17 bits per heavy atom. The number of carbonyl (C=O) groups excluding carboxylic acids is 1. The van der Waals surface area contributed by atoms with E-state index in [1.54, 1.807) is 37.4 Å². The summed E-state index contributed by atoms with van der Waals surface area (Å²) in [4.78, 5) is 16.3. The molecule has 0 atom stereocenters. The summed E-state index contributed by atoms with van der Waals surface area (Å²) >= 11 is 0. The summed E-state index contributed by atoms with van der Waals surface area (Å²) in [5.74, 6) is 0.501. The Bertz CT molecular complexity index is 863. The Labute approximate surface area is 192 Å². The Morgan fingerprint density at radius 3 is 2.60 bits per heavy atom. The van der Waals surface area contributed by atoms with Crippen molar-refractivity contribution >= 4 is 35.8 Å². The van der Waals surface area contributed by atoms with Crippen molar-refractivity contribution in [3.63, 3.8) is 0 Å². The van der Waals surface area contributed by atoms with E-state index in [1.165, 1.54) is 6.07 Å². The van der Waals surface area contributed by atoms with E-state index < -0.39 is 6.61 Å². The van der Waals surface area contributed by atoms with Crippen LogP contribution in [0.25, 0.3) is 0 Å². The molecule has 0 aliphatic heterocycles. The summed E-state index contributed by atoms with van der Waals surface area (Å²) in [5, 5.41) is 8.84. The Morgan fingerprint density at radius 2 is 1.93 bits per heavy atom. The Balaban J connectivity index is 0.00000450. The molecule has 9 heteroatoms. The van der Waals surface area contributed by atoms with E-state index in [-0.39, 0.29) is 42.2 Å². The van der Waals surface area contributed by atoms with Gasteiger partial charge in [-0.2, -0.15) is 8.78 Å². The highest BCUT2D eigenvalue weighted by Gasteiger charge is 2.11. The number of amides is 1. The molecule has 0 unspecified atom stereocenters. The molecule has 0 heterocycles. The fourth-order valence-electron chi connectivity index (χ4n) is 2.70. The molecule has 3 N–H and O–H groups in total. The average molecular weight is 532 g/mol. The van der Waals surface area contributed by atoms with Crippen LogP contribution < -0.4 is 20.7 Å². The van der Waals surface area contributed by atoms with E-state index in [1.807, 2.05) is 19.9 Å². The largest absolute Gasteiger partial charge is 0.434 e. The molecule has 0 radical (unpaired) electrons. The van der Waals surface area contributed by atoms with Crippen molar-refractivity contribution in [2.24, 2.45) is 4.99 Å². The van der Waals surface area contributed by atoms with Gasteiger partial charge in [-0.3, -0.25) is 4.79 Å². The number of ether oxygens (including phenoxy) is 1. The first kappa shape index (κ1) is 25.6. The van der Waals surface area contributed by atoms with Crippen molar-refractivity contribution < 1.29 is 18.3 Å². The van der Waals surface area contributed by atoms with Gasteiger partial charge in [-0.1, -0.05) is 29.8 Å². The number of aliphatic imine (C=N–C) groups is 1. The second-order valence-corrected chi connectivity index (χ2v) is 6.32. The lowest BCUT2D eigenvalue weighted by Gasteiger charge is -2.15. The minimum atomic E-state index is -2.88. The van der Waals surface area contributed by atoms with Gasteiger partial charge >= 0.3 is 6.61 Å². The monoisotopic (exact) mass is 532 g/mol. The number of carbonyl (C=O) groups is 1. The predicted molar refractivity (Wildman–Crippen MR) is 125 cm³/mol. The molecular weight excluding hydrogens is 505 g/mol. The number of hydrogen-bond acceptors (Lipinski definition) is 3. The van der Waals surface area contributed by atoms with Gasteiger partial charge < -0.3 is 20.7 Å². The summed E-state index contributed by atoms with van der Waals surface area (Å²) in [6.07, 6.45) is 0. The fraction of sp³-hybridized carbons (Fsp3) is 0.333. The standard InChI is InChI=1S/C21H26F2N4O2.HI/c1-4-25-21(26-12-15-6-5-7-16(11-15)19(28)24-3)27-13-17-10-14(2)8-9-18(17)29-20(22)23;/h5-11,20H,4,12-13H2,1-3H3,(H,24,28)(H2,25,26,27);1H. The number of benzene rings is 2. The highest BCUT2D eigenvalue weighted by Crippen LogP contribution is 2.22. The minimum absolute atomic E-state index is 0. The number of nitrogens with zero attached hydrogens (tertiary/aromatic N) is 1.